The maximum atomic E-state index is 14.2. The Morgan fingerprint density at radius 1 is 0.935 bits per heavy atom. The van der Waals surface area contributed by atoms with E-state index >= 15 is 0 Å². The van der Waals surface area contributed by atoms with Crippen molar-refractivity contribution in [2.24, 2.45) is 0 Å². The highest BCUT2D eigenvalue weighted by Gasteiger charge is 2.19. The highest BCUT2D eigenvalue weighted by molar-refractivity contribution is 5.98. The summed E-state index contributed by atoms with van der Waals surface area (Å²) in [4.78, 5) is 12.9. The Hall–Kier alpha value is -3.58. The van der Waals surface area contributed by atoms with Gasteiger partial charge in [-0.05, 0) is 24.3 Å². The lowest BCUT2D eigenvalue weighted by molar-refractivity contribution is 0.0905. The Morgan fingerprint density at radius 2 is 1.68 bits per heavy atom. The molecule has 0 saturated carbocycles. The topological polar surface area (TPSA) is 54.3 Å². The van der Waals surface area contributed by atoms with E-state index in [-0.39, 0.29) is 30.2 Å². The summed E-state index contributed by atoms with van der Waals surface area (Å²) in [6.45, 7) is -0.138. The molecule has 0 spiro atoms. The van der Waals surface area contributed by atoms with Gasteiger partial charge >= 0.3 is 0 Å². The van der Waals surface area contributed by atoms with Crippen molar-refractivity contribution in [2.45, 2.75) is 12.6 Å². The number of nitrogens with zero attached hydrogens (tertiary/aromatic N) is 1. The Kier molecular flexibility index (Phi) is 5.77. The van der Waals surface area contributed by atoms with E-state index in [0.29, 0.717) is 11.6 Å². The van der Waals surface area contributed by atoms with Gasteiger partial charge in [-0.15, -0.1) is 0 Å². The zero-order chi connectivity index (χ0) is 22.0. The van der Waals surface area contributed by atoms with Crippen molar-refractivity contribution in [3.05, 3.63) is 107 Å². The highest BCUT2D eigenvalue weighted by atomic mass is 19.1. The van der Waals surface area contributed by atoms with E-state index in [1.165, 1.54) is 6.07 Å². The average Bonchev–Trinajstić information content (AvgIpc) is 3.12. The van der Waals surface area contributed by atoms with Gasteiger partial charge in [0, 0.05) is 34.6 Å². The fourth-order valence-corrected chi connectivity index (χ4v) is 3.53. The molecule has 1 atom stereocenters. The Balaban J connectivity index is 1.59. The number of carbonyl (C=O) groups is 1. The molecule has 1 unspecified atom stereocenters. The van der Waals surface area contributed by atoms with Gasteiger partial charge in [-0.2, -0.15) is 0 Å². The molecule has 31 heavy (non-hydrogen) atoms. The van der Waals surface area contributed by atoms with Gasteiger partial charge in [-0.1, -0.05) is 42.5 Å². The SMILES string of the molecule is O=C(NCC(O)c1ccc(F)cc1F)c1cc2ccccc2n1Cc1ccccc1F. The van der Waals surface area contributed by atoms with Crippen molar-refractivity contribution >= 4 is 16.8 Å². The molecule has 2 N–H and O–H groups in total. The molecule has 0 bridgehead atoms. The molecule has 0 radical (unpaired) electrons. The molecule has 1 heterocycles. The summed E-state index contributed by atoms with van der Waals surface area (Å²) in [5.41, 5.74) is 1.33. The third-order valence-corrected chi connectivity index (χ3v) is 5.11. The van der Waals surface area contributed by atoms with Crippen LogP contribution in [-0.2, 0) is 6.54 Å². The lowest BCUT2D eigenvalue weighted by atomic mass is 10.1. The van der Waals surface area contributed by atoms with Crippen LogP contribution in [-0.4, -0.2) is 22.1 Å². The Labute approximate surface area is 176 Å². The number of aliphatic hydroxyl groups is 1. The number of fused-ring (bicyclic) bond motifs is 1. The molecule has 4 nitrogen and oxygen atoms in total. The van der Waals surface area contributed by atoms with Gasteiger partial charge in [-0.25, -0.2) is 13.2 Å². The van der Waals surface area contributed by atoms with E-state index in [1.807, 2.05) is 24.3 Å². The van der Waals surface area contributed by atoms with Crippen LogP contribution in [0.3, 0.4) is 0 Å². The van der Waals surface area contributed by atoms with E-state index < -0.39 is 23.6 Å². The van der Waals surface area contributed by atoms with Crippen LogP contribution in [0.4, 0.5) is 13.2 Å². The van der Waals surface area contributed by atoms with Crippen molar-refractivity contribution in [3.8, 4) is 0 Å². The van der Waals surface area contributed by atoms with Gasteiger partial charge in [-0.3, -0.25) is 4.79 Å². The number of para-hydroxylation sites is 1. The molecule has 7 heteroatoms. The first-order valence-corrected chi connectivity index (χ1v) is 9.67. The number of amides is 1. The minimum absolute atomic E-state index is 0.117. The lowest BCUT2D eigenvalue weighted by Crippen LogP contribution is -2.30. The number of hydrogen-bond donors (Lipinski definition) is 2. The molecule has 1 aromatic heterocycles. The molecule has 0 aliphatic rings. The first-order chi connectivity index (χ1) is 14.9. The first-order valence-electron chi connectivity index (χ1n) is 9.67. The summed E-state index contributed by atoms with van der Waals surface area (Å²) in [6.07, 6.45) is -1.35. The third-order valence-electron chi connectivity index (χ3n) is 5.11. The number of aromatic nitrogens is 1. The Bertz CT molecular complexity index is 1250. The molecule has 0 aliphatic heterocycles. The minimum atomic E-state index is -1.35. The van der Waals surface area contributed by atoms with Crippen molar-refractivity contribution in [1.82, 2.24) is 9.88 Å². The molecule has 0 fully saturated rings. The molecule has 1 amide bonds. The monoisotopic (exact) mass is 424 g/mol. The predicted octanol–water partition coefficient (Wildman–Crippen LogP) is 4.57. The fraction of sp³-hybridized carbons (Fsp3) is 0.125. The van der Waals surface area contributed by atoms with Crippen LogP contribution in [0.5, 0.6) is 0 Å². The van der Waals surface area contributed by atoms with Gasteiger partial charge in [0.15, 0.2) is 0 Å². The van der Waals surface area contributed by atoms with Crippen molar-refractivity contribution in [3.63, 3.8) is 0 Å². The van der Waals surface area contributed by atoms with Crippen LogP contribution in [0.15, 0.2) is 72.8 Å². The number of halogens is 3. The fourth-order valence-electron chi connectivity index (χ4n) is 3.53. The van der Waals surface area contributed by atoms with Crippen molar-refractivity contribution in [1.29, 1.82) is 0 Å². The lowest BCUT2D eigenvalue weighted by Gasteiger charge is -2.15. The molecule has 4 aromatic rings. The number of hydrogen-bond acceptors (Lipinski definition) is 2. The second kappa shape index (κ2) is 8.65. The minimum Gasteiger partial charge on any atom is -0.386 e. The number of rotatable bonds is 6. The van der Waals surface area contributed by atoms with Crippen molar-refractivity contribution in [2.75, 3.05) is 6.54 Å². The third kappa shape index (κ3) is 4.32. The maximum Gasteiger partial charge on any atom is 0.268 e. The summed E-state index contributed by atoms with van der Waals surface area (Å²) >= 11 is 0. The second-order valence-electron chi connectivity index (χ2n) is 7.16. The van der Waals surface area contributed by atoms with E-state index in [0.717, 1.165) is 23.0 Å². The van der Waals surface area contributed by atoms with Crippen LogP contribution < -0.4 is 5.32 Å². The highest BCUT2D eigenvalue weighted by Crippen LogP contribution is 2.23. The zero-order valence-electron chi connectivity index (χ0n) is 16.4. The van der Waals surface area contributed by atoms with Crippen LogP contribution in [0.1, 0.15) is 27.7 Å². The van der Waals surface area contributed by atoms with E-state index in [9.17, 15) is 23.1 Å². The molecule has 0 aliphatic carbocycles. The van der Waals surface area contributed by atoms with Crippen LogP contribution in [0, 0.1) is 17.5 Å². The van der Waals surface area contributed by atoms with E-state index in [4.69, 9.17) is 0 Å². The standard InChI is InChI=1S/C24H19F3N2O2/c25-17-9-10-18(20(27)12-17)23(30)13-28-24(31)22-11-15-5-2-4-8-21(15)29(22)14-16-6-1-3-7-19(16)26/h1-12,23,30H,13-14H2,(H,28,31). The summed E-state index contributed by atoms with van der Waals surface area (Å²) in [5, 5.41) is 13.6. The van der Waals surface area contributed by atoms with E-state index in [2.05, 4.69) is 5.32 Å². The molecule has 158 valence electrons. The van der Waals surface area contributed by atoms with Gasteiger partial charge in [0.1, 0.15) is 23.1 Å². The summed E-state index contributed by atoms with van der Waals surface area (Å²) in [5.74, 6) is -2.53. The largest absolute Gasteiger partial charge is 0.386 e. The normalized spacial score (nSPS) is 12.1. The van der Waals surface area contributed by atoms with E-state index in [1.54, 1.807) is 28.8 Å². The van der Waals surface area contributed by atoms with Gasteiger partial charge in [0.2, 0.25) is 0 Å². The number of carbonyl (C=O) groups excluding carboxylic acids is 1. The summed E-state index contributed by atoms with van der Waals surface area (Å²) < 4.78 is 42.9. The molecular formula is C24H19F3N2O2. The Morgan fingerprint density at radius 3 is 2.45 bits per heavy atom. The number of benzene rings is 3. The van der Waals surface area contributed by atoms with Gasteiger partial charge < -0.3 is 15.0 Å². The first kappa shape index (κ1) is 20.7. The smallest absolute Gasteiger partial charge is 0.268 e. The second-order valence-corrected chi connectivity index (χ2v) is 7.16. The summed E-state index contributed by atoms with van der Waals surface area (Å²) in [7, 11) is 0. The average molecular weight is 424 g/mol. The van der Waals surface area contributed by atoms with Crippen LogP contribution in [0.25, 0.3) is 10.9 Å². The quantitative estimate of drug-likeness (QED) is 0.477. The van der Waals surface area contributed by atoms with Gasteiger partial charge in [0.25, 0.3) is 5.91 Å². The predicted molar refractivity (Wildman–Crippen MR) is 111 cm³/mol. The summed E-state index contributed by atoms with van der Waals surface area (Å²) in [6, 6.07) is 18.2. The maximum absolute atomic E-state index is 14.2. The number of nitrogens with one attached hydrogen (secondary N) is 1. The number of aliphatic hydroxyl groups excluding tert-OH is 1. The zero-order valence-corrected chi connectivity index (χ0v) is 16.4. The molecule has 0 saturated heterocycles. The van der Waals surface area contributed by atoms with Crippen LogP contribution in [0.2, 0.25) is 0 Å². The van der Waals surface area contributed by atoms with Gasteiger partial charge in [0.05, 0.1) is 12.6 Å². The molecule has 3 aromatic carbocycles. The van der Waals surface area contributed by atoms with Crippen molar-refractivity contribution < 1.29 is 23.1 Å². The van der Waals surface area contributed by atoms with Crippen LogP contribution >= 0.6 is 0 Å². The molecule has 4 rings (SSSR count). The molecular weight excluding hydrogens is 405 g/mol.